The van der Waals surface area contributed by atoms with E-state index >= 15 is 0 Å². The normalized spacial score (nSPS) is 22.2. The lowest BCUT2D eigenvalue weighted by Gasteiger charge is -2.35. The van der Waals surface area contributed by atoms with Crippen molar-refractivity contribution in [2.75, 3.05) is 13.7 Å². The predicted molar refractivity (Wildman–Crippen MR) is 86.0 cm³/mol. The van der Waals surface area contributed by atoms with Gasteiger partial charge in [0.15, 0.2) is 5.43 Å². The molecule has 1 fully saturated rings. The molecule has 0 saturated carbocycles. The molecule has 0 amide bonds. The summed E-state index contributed by atoms with van der Waals surface area (Å²) in [6, 6.07) is 8.43. The molecule has 122 valence electrons. The molecule has 0 aliphatic carbocycles. The first kappa shape index (κ1) is 15.7. The first-order chi connectivity index (χ1) is 11.1. The van der Waals surface area contributed by atoms with Gasteiger partial charge >= 0.3 is 5.97 Å². The zero-order valence-electron chi connectivity index (χ0n) is 13.0. The van der Waals surface area contributed by atoms with Crippen LogP contribution in [0.15, 0.2) is 35.1 Å². The molecule has 2 atom stereocenters. The molecule has 6 nitrogen and oxygen atoms in total. The molecule has 2 N–H and O–H groups in total. The number of aromatic nitrogens is 1. The minimum atomic E-state index is -0.494. The number of aliphatic hydroxyl groups is 1. The summed E-state index contributed by atoms with van der Waals surface area (Å²) in [6.07, 6.45) is 0.460. The topological polar surface area (TPSA) is 82.6 Å². The smallest absolute Gasteiger partial charge is 0.323 e. The van der Waals surface area contributed by atoms with Crippen LogP contribution < -0.4 is 5.43 Å². The highest BCUT2D eigenvalue weighted by molar-refractivity contribution is 5.78. The van der Waals surface area contributed by atoms with E-state index in [2.05, 4.69) is 4.98 Å². The van der Waals surface area contributed by atoms with Gasteiger partial charge in [0, 0.05) is 35.8 Å². The van der Waals surface area contributed by atoms with Crippen LogP contribution >= 0.6 is 0 Å². The van der Waals surface area contributed by atoms with Gasteiger partial charge in [-0.2, -0.15) is 0 Å². The van der Waals surface area contributed by atoms with E-state index in [9.17, 15) is 14.7 Å². The molecule has 0 bridgehead atoms. The van der Waals surface area contributed by atoms with Crippen LogP contribution in [0, 0.1) is 0 Å². The number of rotatable bonds is 3. The average molecular weight is 316 g/mol. The number of likely N-dealkylation sites (tertiary alicyclic amines) is 1. The van der Waals surface area contributed by atoms with E-state index in [1.807, 2.05) is 23.1 Å². The van der Waals surface area contributed by atoms with Gasteiger partial charge in [-0.1, -0.05) is 12.1 Å². The number of hydrogen-bond acceptors (Lipinski definition) is 5. The van der Waals surface area contributed by atoms with Gasteiger partial charge in [-0.25, -0.2) is 0 Å². The molecule has 1 aromatic heterocycles. The van der Waals surface area contributed by atoms with Crippen molar-refractivity contribution in [2.45, 2.75) is 31.5 Å². The molecule has 0 unspecified atom stereocenters. The number of carbonyl (C=O) groups excluding carboxylic acids is 1. The first-order valence-corrected chi connectivity index (χ1v) is 7.69. The number of hydrogen-bond donors (Lipinski definition) is 2. The van der Waals surface area contributed by atoms with Gasteiger partial charge in [-0.3, -0.25) is 14.5 Å². The van der Waals surface area contributed by atoms with Crippen molar-refractivity contribution in [3.8, 4) is 0 Å². The summed E-state index contributed by atoms with van der Waals surface area (Å²) in [5, 5.41) is 10.4. The third kappa shape index (κ3) is 3.28. The minimum absolute atomic E-state index is 0.0407. The highest BCUT2D eigenvalue weighted by atomic mass is 16.5. The number of esters is 1. The summed E-state index contributed by atoms with van der Waals surface area (Å²) in [5.41, 5.74) is 1.49. The second-order valence-corrected chi connectivity index (χ2v) is 5.89. The molecule has 3 rings (SSSR count). The van der Waals surface area contributed by atoms with Crippen LogP contribution in [-0.4, -0.2) is 46.8 Å². The number of aliphatic hydroxyl groups excluding tert-OH is 1. The molecule has 23 heavy (non-hydrogen) atoms. The Morgan fingerprint density at radius 3 is 3.00 bits per heavy atom. The van der Waals surface area contributed by atoms with Crippen LogP contribution in [0.5, 0.6) is 0 Å². The van der Waals surface area contributed by atoms with E-state index in [1.165, 1.54) is 7.11 Å². The van der Waals surface area contributed by atoms with Gasteiger partial charge in [-0.05, 0) is 25.0 Å². The number of fused-ring (bicyclic) bond motifs is 1. The van der Waals surface area contributed by atoms with Crippen molar-refractivity contribution in [3.63, 3.8) is 0 Å². The number of nitrogens with one attached hydrogen (secondary N) is 1. The first-order valence-electron chi connectivity index (χ1n) is 7.69. The average Bonchev–Trinajstić information content (AvgIpc) is 2.56. The number of methoxy groups -OCH3 is 1. The highest BCUT2D eigenvalue weighted by Crippen LogP contribution is 2.21. The fourth-order valence-corrected chi connectivity index (χ4v) is 3.12. The van der Waals surface area contributed by atoms with E-state index in [4.69, 9.17) is 4.74 Å². The number of ether oxygens (including phenoxy) is 1. The number of nitrogens with zero attached hydrogens (tertiary/aromatic N) is 1. The largest absolute Gasteiger partial charge is 0.468 e. The van der Waals surface area contributed by atoms with Crippen molar-refractivity contribution in [2.24, 2.45) is 0 Å². The van der Waals surface area contributed by atoms with Crippen LogP contribution in [0.25, 0.3) is 10.9 Å². The molecule has 1 aliphatic rings. The highest BCUT2D eigenvalue weighted by Gasteiger charge is 2.33. The molecule has 6 heteroatoms. The van der Waals surface area contributed by atoms with Gasteiger partial charge in [0.1, 0.15) is 6.04 Å². The summed E-state index contributed by atoms with van der Waals surface area (Å²) >= 11 is 0. The Labute approximate surface area is 133 Å². The van der Waals surface area contributed by atoms with E-state index in [1.54, 1.807) is 12.1 Å². The SMILES string of the molecule is COC(=O)[C@@H]1C[C@H](O)CCN1Cc1cc(=O)c2ccccc2[nH]1. The molecular formula is C17H20N2O4. The van der Waals surface area contributed by atoms with Gasteiger partial charge in [0.25, 0.3) is 0 Å². The van der Waals surface area contributed by atoms with E-state index in [0.29, 0.717) is 31.3 Å². The number of H-pyrrole nitrogens is 1. The molecular weight excluding hydrogens is 296 g/mol. The Kier molecular flexibility index (Phi) is 4.45. The van der Waals surface area contributed by atoms with Gasteiger partial charge in [-0.15, -0.1) is 0 Å². The predicted octanol–water partition coefficient (Wildman–Crippen LogP) is 1.03. The number of pyridine rings is 1. The number of piperidine rings is 1. The van der Waals surface area contributed by atoms with Crippen LogP contribution in [0.3, 0.4) is 0 Å². The van der Waals surface area contributed by atoms with Crippen LogP contribution in [-0.2, 0) is 16.1 Å². The Morgan fingerprint density at radius 1 is 1.43 bits per heavy atom. The third-order valence-electron chi connectivity index (χ3n) is 4.33. The van der Waals surface area contributed by atoms with Crippen molar-refractivity contribution < 1.29 is 14.6 Å². The lowest BCUT2D eigenvalue weighted by atomic mass is 9.99. The zero-order chi connectivity index (χ0) is 16.4. The number of aromatic amines is 1. The standard InChI is InChI=1S/C17H20N2O4/c1-23-17(22)15-9-12(20)6-7-19(15)10-11-8-16(21)13-4-2-3-5-14(13)18-11/h2-5,8,12,15,20H,6-7,9-10H2,1H3,(H,18,21)/t12-,15+/m1/s1. The maximum atomic E-state index is 12.2. The molecule has 0 spiro atoms. The number of carbonyl (C=O) groups is 1. The van der Waals surface area contributed by atoms with E-state index in [-0.39, 0.29) is 11.4 Å². The Hall–Kier alpha value is -2.18. The Morgan fingerprint density at radius 2 is 2.22 bits per heavy atom. The van der Waals surface area contributed by atoms with Crippen LogP contribution in [0.2, 0.25) is 0 Å². The fourth-order valence-electron chi connectivity index (χ4n) is 3.12. The van der Waals surface area contributed by atoms with E-state index < -0.39 is 12.1 Å². The van der Waals surface area contributed by atoms with Crippen molar-refractivity contribution in [1.82, 2.24) is 9.88 Å². The van der Waals surface area contributed by atoms with Crippen molar-refractivity contribution in [1.29, 1.82) is 0 Å². The number of para-hydroxylation sites is 1. The quantitative estimate of drug-likeness (QED) is 0.826. The summed E-state index contributed by atoms with van der Waals surface area (Å²) in [4.78, 5) is 29.3. The molecule has 1 aliphatic heterocycles. The summed E-state index contributed by atoms with van der Waals surface area (Å²) in [7, 11) is 1.35. The van der Waals surface area contributed by atoms with Crippen molar-refractivity contribution in [3.05, 3.63) is 46.2 Å². The third-order valence-corrected chi connectivity index (χ3v) is 4.33. The lowest BCUT2D eigenvalue weighted by molar-refractivity contribution is -0.150. The fraction of sp³-hybridized carbons (Fsp3) is 0.412. The van der Waals surface area contributed by atoms with E-state index in [0.717, 1.165) is 11.2 Å². The summed E-state index contributed by atoms with van der Waals surface area (Å²) < 4.78 is 4.84. The van der Waals surface area contributed by atoms with Gasteiger partial charge in [0.05, 0.1) is 13.2 Å². The molecule has 2 heterocycles. The second kappa shape index (κ2) is 6.52. The zero-order valence-corrected chi connectivity index (χ0v) is 13.0. The van der Waals surface area contributed by atoms with Crippen LogP contribution in [0.4, 0.5) is 0 Å². The summed E-state index contributed by atoms with van der Waals surface area (Å²) in [5.74, 6) is -0.355. The molecule has 1 aromatic carbocycles. The Bertz CT molecular complexity index is 771. The maximum absolute atomic E-state index is 12.2. The molecule has 0 radical (unpaired) electrons. The Balaban J connectivity index is 1.88. The number of benzene rings is 1. The van der Waals surface area contributed by atoms with Gasteiger partial charge in [0.2, 0.25) is 0 Å². The summed E-state index contributed by atoms with van der Waals surface area (Å²) in [6.45, 7) is 1.02. The van der Waals surface area contributed by atoms with Gasteiger partial charge < -0.3 is 14.8 Å². The molecule has 1 saturated heterocycles. The second-order valence-electron chi connectivity index (χ2n) is 5.89. The van der Waals surface area contributed by atoms with Crippen LogP contribution in [0.1, 0.15) is 18.5 Å². The maximum Gasteiger partial charge on any atom is 0.323 e. The monoisotopic (exact) mass is 316 g/mol. The lowest BCUT2D eigenvalue weighted by Crippen LogP contribution is -2.48. The molecule has 2 aromatic rings. The minimum Gasteiger partial charge on any atom is -0.468 e. The van der Waals surface area contributed by atoms with Crippen molar-refractivity contribution >= 4 is 16.9 Å².